The van der Waals surface area contributed by atoms with E-state index in [0.717, 1.165) is 5.56 Å². The highest BCUT2D eigenvalue weighted by atomic mass is 35.5. The van der Waals surface area contributed by atoms with E-state index in [1.807, 2.05) is 6.08 Å². The topological polar surface area (TPSA) is 62.8 Å². The van der Waals surface area contributed by atoms with Gasteiger partial charge in [-0.2, -0.15) is 0 Å². The third-order valence-corrected chi connectivity index (χ3v) is 3.38. The summed E-state index contributed by atoms with van der Waals surface area (Å²) in [7, 11) is 0. The van der Waals surface area contributed by atoms with Gasteiger partial charge in [0.15, 0.2) is 0 Å². The lowest BCUT2D eigenvalue weighted by atomic mass is 10.0. The number of rotatable bonds is 2. The Morgan fingerprint density at radius 2 is 2.00 bits per heavy atom. The Balaban J connectivity index is 2.38. The summed E-state index contributed by atoms with van der Waals surface area (Å²) in [4.78, 5) is 10.9. The van der Waals surface area contributed by atoms with Crippen LogP contribution in [0.2, 0.25) is 5.02 Å². The first kappa shape index (κ1) is 12.0. The van der Waals surface area contributed by atoms with Gasteiger partial charge in [-0.25, -0.2) is 0 Å². The predicted octanol–water partition coefficient (Wildman–Crippen LogP) is 3.24. The van der Waals surface area contributed by atoms with Gasteiger partial charge in [0.1, 0.15) is 11.2 Å². The van der Waals surface area contributed by atoms with Crippen LogP contribution in [0, 0.1) is 4.91 Å². The van der Waals surface area contributed by atoms with E-state index in [0.29, 0.717) is 34.1 Å². The number of furan rings is 1. The molecule has 0 bridgehead atoms. The smallest absolute Gasteiger partial charge is 0.269 e. The quantitative estimate of drug-likeness (QED) is 0.856. The van der Waals surface area contributed by atoms with Crippen molar-refractivity contribution in [1.29, 1.82) is 0 Å². The van der Waals surface area contributed by atoms with Gasteiger partial charge in [-0.3, -0.25) is 0 Å². The van der Waals surface area contributed by atoms with Gasteiger partial charge >= 0.3 is 0 Å². The molecule has 0 unspecified atom stereocenters. The molecule has 1 aliphatic rings. The molecule has 0 atom stereocenters. The molecule has 0 spiro atoms. The summed E-state index contributed by atoms with van der Waals surface area (Å²) < 4.78 is 5.39. The van der Waals surface area contributed by atoms with Crippen molar-refractivity contribution in [1.82, 2.24) is 0 Å². The first-order valence-electron chi connectivity index (χ1n) is 5.85. The summed E-state index contributed by atoms with van der Waals surface area (Å²) in [5.41, 5.74) is 1.77. The van der Waals surface area contributed by atoms with Crippen molar-refractivity contribution >= 4 is 29.3 Å². The monoisotopic (exact) mass is 275 g/mol. The molecule has 0 fully saturated rings. The van der Waals surface area contributed by atoms with Crippen LogP contribution in [0.15, 0.2) is 33.9 Å². The Hall–Kier alpha value is -2.07. The van der Waals surface area contributed by atoms with E-state index in [1.54, 1.807) is 24.3 Å². The molecular formula is C14H10ClNO3. The van der Waals surface area contributed by atoms with Crippen molar-refractivity contribution in [3.63, 3.8) is 0 Å². The molecule has 19 heavy (non-hydrogen) atoms. The molecule has 1 aromatic carbocycles. The maximum atomic E-state index is 10.9. The number of hydrogen-bond acceptors (Lipinski definition) is 4. The summed E-state index contributed by atoms with van der Waals surface area (Å²) in [6.45, 7) is 0. The van der Waals surface area contributed by atoms with Gasteiger partial charge in [-0.15, -0.1) is 4.91 Å². The fourth-order valence-electron chi connectivity index (χ4n) is 2.28. The maximum absolute atomic E-state index is 10.9. The lowest BCUT2D eigenvalue weighted by Gasteiger charge is -2.03. The molecule has 4 nitrogen and oxygen atoms in total. The zero-order valence-electron chi connectivity index (χ0n) is 9.89. The van der Waals surface area contributed by atoms with E-state index in [-0.39, 0.29) is 11.6 Å². The minimum Gasteiger partial charge on any atom is -0.512 e. The molecule has 1 heterocycles. The number of hydrogen-bond donors (Lipinski definition) is 1. The first-order valence-corrected chi connectivity index (χ1v) is 6.23. The summed E-state index contributed by atoms with van der Waals surface area (Å²) in [6, 6.07) is 6.97. The maximum Gasteiger partial charge on any atom is 0.269 e. The predicted molar refractivity (Wildman–Crippen MR) is 73.6 cm³/mol. The van der Waals surface area contributed by atoms with Crippen molar-refractivity contribution < 1.29 is 9.52 Å². The number of halogens is 1. The van der Waals surface area contributed by atoms with E-state index < -0.39 is 0 Å². The summed E-state index contributed by atoms with van der Waals surface area (Å²) >= 11 is 5.85. The van der Waals surface area contributed by atoms with Crippen LogP contribution < -0.4 is 10.6 Å². The molecule has 1 aromatic heterocycles. The second-order valence-corrected chi connectivity index (χ2v) is 4.75. The number of nitrogens with zero attached hydrogens (tertiary/aromatic N) is 1. The lowest BCUT2D eigenvalue weighted by molar-refractivity contribution is 0.469. The van der Waals surface area contributed by atoms with Crippen LogP contribution in [0.5, 0.6) is 0 Å². The van der Waals surface area contributed by atoms with Gasteiger partial charge in [0.2, 0.25) is 0 Å². The summed E-state index contributed by atoms with van der Waals surface area (Å²) in [6.07, 6.45) is 3.07. The summed E-state index contributed by atoms with van der Waals surface area (Å²) in [5.74, 6) is 0.207. The minimum absolute atomic E-state index is 0.0166. The van der Waals surface area contributed by atoms with E-state index in [1.165, 1.54) is 0 Å². The van der Waals surface area contributed by atoms with Crippen LogP contribution >= 0.6 is 11.6 Å². The molecule has 3 rings (SSSR count). The van der Waals surface area contributed by atoms with Crippen molar-refractivity contribution in [2.75, 3.05) is 0 Å². The minimum atomic E-state index is -0.0166. The second-order valence-electron chi connectivity index (χ2n) is 4.31. The Morgan fingerprint density at radius 1 is 1.26 bits per heavy atom. The van der Waals surface area contributed by atoms with Crippen LogP contribution in [0.4, 0.5) is 5.88 Å². The zero-order valence-corrected chi connectivity index (χ0v) is 10.6. The van der Waals surface area contributed by atoms with E-state index >= 15 is 0 Å². The normalized spacial score (nSPS) is 13.8. The highest BCUT2D eigenvalue weighted by molar-refractivity contribution is 6.30. The fraction of sp³-hybridized carbons (Fsp3) is 0.143. The SMILES string of the molecule is O=Nc1oc2c(c1-c1ccc(Cl)cc1)=C(O)CCC=2. The molecule has 0 radical (unpaired) electrons. The molecule has 0 saturated carbocycles. The van der Waals surface area contributed by atoms with Crippen LogP contribution in [0.25, 0.3) is 23.0 Å². The van der Waals surface area contributed by atoms with Gasteiger partial charge in [0.05, 0.1) is 10.8 Å². The van der Waals surface area contributed by atoms with Gasteiger partial charge in [0, 0.05) is 16.6 Å². The lowest BCUT2D eigenvalue weighted by Crippen LogP contribution is -2.27. The van der Waals surface area contributed by atoms with Gasteiger partial charge < -0.3 is 9.52 Å². The van der Waals surface area contributed by atoms with Gasteiger partial charge in [-0.05, 0) is 30.2 Å². The molecule has 5 heteroatoms. The highest BCUT2D eigenvalue weighted by Crippen LogP contribution is 2.28. The Labute approximate surface area is 113 Å². The molecule has 1 N–H and O–H groups in total. The second kappa shape index (κ2) is 4.55. The van der Waals surface area contributed by atoms with Gasteiger partial charge in [-0.1, -0.05) is 23.7 Å². The number of nitroso groups, excluding NO2 is 1. The number of aliphatic hydroxyl groups excluding tert-OH is 1. The van der Waals surface area contributed by atoms with Crippen LogP contribution in [0.3, 0.4) is 0 Å². The molecule has 2 aromatic rings. The number of aliphatic hydroxyl groups is 1. The average Bonchev–Trinajstić information content (AvgIpc) is 2.80. The molecule has 0 aliphatic heterocycles. The Kier molecular flexibility index (Phi) is 2.87. The fourth-order valence-corrected chi connectivity index (χ4v) is 2.41. The largest absolute Gasteiger partial charge is 0.512 e. The molecule has 0 saturated heterocycles. The van der Waals surface area contributed by atoms with Crippen LogP contribution in [0.1, 0.15) is 12.8 Å². The Morgan fingerprint density at radius 3 is 2.68 bits per heavy atom. The number of fused-ring (bicyclic) bond motifs is 1. The molecule has 96 valence electrons. The molecule has 0 amide bonds. The van der Waals surface area contributed by atoms with E-state index in [4.69, 9.17) is 16.0 Å². The number of benzene rings is 1. The highest BCUT2D eigenvalue weighted by Gasteiger charge is 2.19. The summed E-state index contributed by atoms with van der Waals surface area (Å²) in [5, 5.41) is 14.1. The van der Waals surface area contributed by atoms with E-state index in [2.05, 4.69) is 5.18 Å². The van der Waals surface area contributed by atoms with Crippen molar-refractivity contribution in [2.24, 2.45) is 5.18 Å². The van der Waals surface area contributed by atoms with Crippen LogP contribution in [-0.2, 0) is 0 Å². The third kappa shape index (κ3) is 1.94. The standard InChI is InChI=1S/C14H10ClNO3/c15-9-6-4-8(5-7-9)12-13-10(17)2-1-3-11(13)19-14(12)16-18/h3-7,17H,1-2H2. The average molecular weight is 276 g/mol. The van der Waals surface area contributed by atoms with E-state index in [9.17, 15) is 10.0 Å². The third-order valence-electron chi connectivity index (χ3n) is 3.13. The van der Waals surface area contributed by atoms with Crippen molar-refractivity contribution in [3.05, 3.63) is 44.8 Å². The Bertz CT molecular complexity index is 759. The van der Waals surface area contributed by atoms with Crippen molar-refractivity contribution in [3.8, 4) is 11.1 Å². The van der Waals surface area contributed by atoms with Gasteiger partial charge in [0.25, 0.3) is 5.88 Å². The van der Waals surface area contributed by atoms with Crippen LogP contribution in [-0.4, -0.2) is 5.11 Å². The zero-order chi connectivity index (χ0) is 13.4. The van der Waals surface area contributed by atoms with Crippen molar-refractivity contribution in [2.45, 2.75) is 12.8 Å². The molecule has 1 aliphatic carbocycles. The first-order chi connectivity index (χ1) is 9.20. The molecular weight excluding hydrogens is 266 g/mol.